The van der Waals surface area contributed by atoms with Crippen LogP contribution >= 0.6 is 0 Å². The zero-order valence-corrected chi connectivity index (χ0v) is 13.9. The van der Waals surface area contributed by atoms with Crippen LogP contribution in [0.1, 0.15) is 50.1 Å². The van der Waals surface area contributed by atoms with E-state index >= 15 is 0 Å². The summed E-state index contributed by atoms with van der Waals surface area (Å²) in [6, 6.07) is 0.211. The van der Waals surface area contributed by atoms with E-state index in [1.54, 1.807) is 17.8 Å². The number of aryl methyl sites for hydroxylation is 1. The highest BCUT2D eigenvalue weighted by molar-refractivity contribution is 4.96. The molecule has 2 heterocycles. The lowest BCUT2D eigenvalue weighted by atomic mass is 9.83. The molecule has 2 aromatic rings. The molecular formula is C16H25N5O2. The van der Waals surface area contributed by atoms with Crippen LogP contribution < -0.4 is 11.4 Å². The molecule has 23 heavy (non-hydrogen) atoms. The van der Waals surface area contributed by atoms with E-state index in [2.05, 4.69) is 10.1 Å². The molecule has 0 radical (unpaired) electrons. The third-order valence-corrected chi connectivity index (χ3v) is 4.78. The van der Waals surface area contributed by atoms with Gasteiger partial charge >= 0.3 is 5.69 Å². The summed E-state index contributed by atoms with van der Waals surface area (Å²) in [6.07, 6.45) is 7.83. The molecule has 126 valence electrons. The number of aromatic nitrogens is 4. The Hall–Kier alpha value is -1.89. The molecule has 0 unspecified atom stereocenters. The predicted molar refractivity (Wildman–Crippen MR) is 86.1 cm³/mol. The molecule has 1 saturated carbocycles. The Bertz CT molecular complexity index is 714. The second-order valence-electron chi connectivity index (χ2n) is 6.40. The van der Waals surface area contributed by atoms with Gasteiger partial charge in [-0.25, -0.2) is 14.5 Å². The quantitative estimate of drug-likeness (QED) is 0.895. The van der Waals surface area contributed by atoms with Crippen molar-refractivity contribution >= 4 is 0 Å². The molecule has 0 aliphatic heterocycles. The van der Waals surface area contributed by atoms with Crippen LogP contribution in [0.5, 0.6) is 0 Å². The minimum atomic E-state index is -0.138. The van der Waals surface area contributed by atoms with Gasteiger partial charge in [0.25, 0.3) is 0 Å². The summed E-state index contributed by atoms with van der Waals surface area (Å²) in [5.41, 5.74) is 6.08. The second-order valence-corrected chi connectivity index (χ2v) is 6.40. The van der Waals surface area contributed by atoms with Crippen molar-refractivity contribution in [3.8, 4) is 0 Å². The third kappa shape index (κ3) is 3.39. The largest absolute Gasteiger partial charge is 0.444 e. The Morgan fingerprint density at radius 2 is 2.17 bits per heavy atom. The van der Waals surface area contributed by atoms with E-state index < -0.39 is 0 Å². The van der Waals surface area contributed by atoms with Gasteiger partial charge < -0.3 is 10.2 Å². The normalized spacial score (nSPS) is 21.7. The molecule has 1 aliphatic carbocycles. The lowest BCUT2D eigenvalue weighted by molar-refractivity contribution is 0.300. The zero-order valence-electron chi connectivity index (χ0n) is 13.9. The Kier molecular flexibility index (Phi) is 4.66. The summed E-state index contributed by atoms with van der Waals surface area (Å²) in [6.45, 7) is 2.27. The van der Waals surface area contributed by atoms with E-state index in [0.29, 0.717) is 11.8 Å². The Morgan fingerprint density at radius 3 is 2.87 bits per heavy atom. The molecule has 7 nitrogen and oxygen atoms in total. The summed E-state index contributed by atoms with van der Waals surface area (Å²) in [7, 11) is 1.77. The molecular weight excluding hydrogens is 294 g/mol. The van der Waals surface area contributed by atoms with Crippen LogP contribution in [0, 0.1) is 5.92 Å². The lowest BCUT2D eigenvalue weighted by Crippen LogP contribution is -2.35. The molecule has 0 saturated heterocycles. The molecule has 0 bridgehead atoms. The van der Waals surface area contributed by atoms with Crippen molar-refractivity contribution in [2.24, 2.45) is 18.7 Å². The van der Waals surface area contributed by atoms with Crippen LogP contribution in [0.15, 0.2) is 15.4 Å². The fourth-order valence-corrected chi connectivity index (χ4v) is 3.25. The zero-order chi connectivity index (χ0) is 16.4. The monoisotopic (exact) mass is 319 g/mol. The summed E-state index contributed by atoms with van der Waals surface area (Å²) in [4.78, 5) is 16.6. The number of nitrogens with zero attached hydrogens (tertiary/aromatic N) is 4. The smallest absolute Gasteiger partial charge is 0.346 e. The Labute approximate surface area is 135 Å². The highest BCUT2D eigenvalue weighted by Crippen LogP contribution is 2.25. The van der Waals surface area contributed by atoms with Crippen LogP contribution in [-0.4, -0.2) is 25.4 Å². The molecule has 2 N–H and O–H groups in total. The first-order valence-electron chi connectivity index (χ1n) is 8.40. The molecule has 1 fully saturated rings. The van der Waals surface area contributed by atoms with Gasteiger partial charge in [-0.15, -0.1) is 0 Å². The van der Waals surface area contributed by atoms with Gasteiger partial charge in [-0.1, -0.05) is 19.8 Å². The van der Waals surface area contributed by atoms with Crippen LogP contribution in [-0.2, 0) is 26.4 Å². The molecule has 1 aliphatic rings. The fraction of sp³-hybridized carbons (Fsp3) is 0.688. The van der Waals surface area contributed by atoms with Crippen molar-refractivity contribution in [3.63, 3.8) is 0 Å². The lowest BCUT2D eigenvalue weighted by Gasteiger charge is -2.27. The summed E-state index contributed by atoms with van der Waals surface area (Å²) in [5.74, 6) is 2.53. The van der Waals surface area contributed by atoms with Gasteiger partial charge in [0.2, 0.25) is 5.89 Å². The number of nitrogens with two attached hydrogens (primary N) is 1. The first-order chi connectivity index (χ1) is 11.1. The highest BCUT2D eigenvalue weighted by atomic mass is 16.4. The fourth-order valence-electron chi connectivity index (χ4n) is 3.25. The topological polar surface area (TPSA) is 91.9 Å². The van der Waals surface area contributed by atoms with Gasteiger partial charge in [0.05, 0.1) is 6.20 Å². The maximum Gasteiger partial charge on any atom is 0.346 e. The Morgan fingerprint density at radius 1 is 1.39 bits per heavy atom. The standard InChI is InChI=1S/C16H25N5O2/c1-3-12-9-18-15(23-12)10-21-16(22)20(2)14(19-21)8-11-6-4-5-7-13(11)17/h9,11,13H,3-8,10,17H2,1-2H3/t11-,13-/m1/s1. The van der Waals surface area contributed by atoms with Crippen LogP contribution in [0.3, 0.4) is 0 Å². The number of hydrogen-bond acceptors (Lipinski definition) is 5. The van der Waals surface area contributed by atoms with Gasteiger partial charge in [-0.3, -0.25) is 4.57 Å². The van der Waals surface area contributed by atoms with E-state index in [-0.39, 0.29) is 18.3 Å². The number of rotatable bonds is 5. The van der Waals surface area contributed by atoms with E-state index in [9.17, 15) is 4.79 Å². The second kappa shape index (κ2) is 6.70. The van der Waals surface area contributed by atoms with Gasteiger partial charge in [0, 0.05) is 25.9 Å². The van der Waals surface area contributed by atoms with Gasteiger partial charge in [0.15, 0.2) is 0 Å². The average molecular weight is 319 g/mol. The molecule has 0 aromatic carbocycles. The summed E-state index contributed by atoms with van der Waals surface area (Å²) < 4.78 is 8.61. The van der Waals surface area contributed by atoms with Gasteiger partial charge in [-0.2, -0.15) is 5.10 Å². The Balaban J connectivity index is 1.76. The van der Waals surface area contributed by atoms with Crippen molar-refractivity contribution in [1.82, 2.24) is 19.3 Å². The van der Waals surface area contributed by atoms with Crippen molar-refractivity contribution in [2.45, 2.75) is 58.0 Å². The molecule has 7 heteroatoms. The molecule has 0 amide bonds. The van der Waals surface area contributed by atoms with E-state index in [1.165, 1.54) is 17.5 Å². The minimum absolute atomic E-state index is 0.138. The van der Waals surface area contributed by atoms with Crippen LogP contribution in [0.25, 0.3) is 0 Å². The number of hydrogen-bond donors (Lipinski definition) is 1. The van der Waals surface area contributed by atoms with Gasteiger partial charge in [-0.05, 0) is 18.8 Å². The molecule has 2 atom stereocenters. The molecule has 3 rings (SSSR count). The predicted octanol–water partition coefficient (Wildman–Crippen LogP) is 1.24. The number of oxazole rings is 1. The third-order valence-electron chi connectivity index (χ3n) is 4.78. The van der Waals surface area contributed by atoms with Gasteiger partial charge in [0.1, 0.15) is 18.1 Å². The van der Waals surface area contributed by atoms with Crippen LogP contribution in [0.2, 0.25) is 0 Å². The van der Waals surface area contributed by atoms with E-state index in [1.807, 2.05) is 6.92 Å². The van der Waals surface area contributed by atoms with Crippen molar-refractivity contribution < 1.29 is 4.42 Å². The molecule has 0 spiro atoms. The maximum absolute atomic E-state index is 12.4. The average Bonchev–Trinajstić information content (AvgIpc) is 3.10. The minimum Gasteiger partial charge on any atom is -0.444 e. The summed E-state index contributed by atoms with van der Waals surface area (Å²) in [5, 5.41) is 4.48. The highest BCUT2D eigenvalue weighted by Gasteiger charge is 2.24. The summed E-state index contributed by atoms with van der Waals surface area (Å²) >= 11 is 0. The van der Waals surface area contributed by atoms with Crippen LogP contribution in [0.4, 0.5) is 0 Å². The first-order valence-corrected chi connectivity index (χ1v) is 8.40. The first kappa shape index (κ1) is 16.0. The van der Waals surface area contributed by atoms with E-state index in [4.69, 9.17) is 10.2 Å². The van der Waals surface area contributed by atoms with Crippen molar-refractivity contribution in [2.75, 3.05) is 0 Å². The van der Waals surface area contributed by atoms with Crippen molar-refractivity contribution in [1.29, 1.82) is 0 Å². The molecule has 2 aromatic heterocycles. The SMILES string of the molecule is CCc1cnc(Cn2nc(C[C@H]3CCCC[C@H]3N)n(C)c2=O)o1. The van der Waals surface area contributed by atoms with Crippen molar-refractivity contribution in [3.05, 3.63) is 34.2 Å². The maximum atomic E-state index is 12.4. The van der Waals surface area contributed by atoms with E-state index in [0.717, 1.165) is 37.3 Å².